The van der Waals surface area contributed by atoms with E-state index in [9.17, 15) is 4.79 Å². The van der Waals surface area contributed by atoms with Crippen molar-refractivity contribution < 1.29 is 4.79 Å². The van der Waals surface area contributed by atoms with Crippen LogP contribution in [0.15, 0.2) is 0 Å². The van der Waals surface area contributed by atoms with Crippen LogP contribution < -0.4 is 10.6 Å². The van der Waals surface area contributed by atoms with Crippen molar-refractivity contribution in [1.29, 1.82) is 0 Å². The third-order valence-corrected chi connectivity index (χ3v) is 2.83. The van der Waals surface area contributed by atoms with Gasteiger partial charge in [-0.15, -0.1) is 0 Å². The lowest BCUT2D eigenvalue weighted by atomic mass is 10.1. The highest BCUT2D eigenvalue weighted by molar-refractivity contribution is 5.81. The van der Waals surface area contributed by atoms with Gasteiger partial charge in [-0.05, 0) is 34.6 Å². The molecule has 1 fully saturated rings. The lowest BCUT2D eigenvalue weighted by molar-refractivity contribution is -0.127. The lowest BCUT2D eigenvalue weighted by Gasteiger charge is -2.36. The van der Waals surface area contributed by atoms with Crippen LogP contribution in [0, 0.1) is 0 Å². The van der Waals surface area contributed by atoms with Gasteiger partial charge in [0, 0.05) is 31.2 Å². The molecular formula is C12H25N3O. The van der Waals surface area contributed by atoms with Crippen molar-refractivity contribution in [2.75, 3.05) is 19.6 Å². The predicted molar refractivity (Wildman–Crippen MR) is 66.4 cm³/mol. The van der Waals surface area contributed by atoms with Crippen LogP contribution in [0.25, 0.3) is 0 Å². The molecule has 0 aromatic heterocycles. The van der Waals surface area contributed by atoms with E-state index in [-0.39, 0.29) is 17.5 Å². The van der Waals surface area contributed by atoms with Gasteiger partial charge in [-0.1, -0.05) is 0 Å². The molecule has 1 aliphatic heterocycles. The molecule has 1 amide bonds. The minimum Gasteiger partial charge on any atom is -0.350 e. The summed E-state index contributed by atoms with van der Waals surface area (Å²) < 4.78 is 0. The second-order valence-electron chi connectivity index (χ2n) is 5.77. The molecule has 1 heterocycles. The first-order chi connectivity index (χ1) is 7.29. The van der Waals surface area contributed by atoms with Gasteiger partial charge >= 0.3 is 0 Å². The van der Waals surface area contributed by atoms with Crippen molar-refractivity contribution in [3.05, 3.63) is 0 Å². The molecule has 2 N–H and O–H groups in total. The Bertz CT molecular complexity index is 247. The maximum absolute atomic E-state index is 12.0. The van der Waals surface area contributed by atoms with Crippen molar-refractivity contribution in [1.82, 2.24) is 15.5 Å². The average Bonchev–Trinajstić information content (AvgIpc) is 2.14. The highest BCUT2D eigenvalue weighted by Crippen LogP contribution is 2.07. The zero-order chi connectivity index (χ0) is 12.3. The fourth-order valence-corrected chi connectivity index (χ4v) is 1.95. The van der Waals surface area contributed by atoms with E-state index in [2.05, 4.69) is 22.5 Å². The normalized spacial score (nSPS) is 25.2. The molecule has 94 valence electrons. The summed E-state index contributed by atoms with van der Waals surface area (Å²) in [7, 11) is 0. The van der Waals surface area contributed by atoms with Gasteiger partial charge in [-0.25, -0.2) is 0 Å². The van der Waals surface area contributed by atoms with Crippen molar-refractivity contribution in [3.8, 4) is 0 Å². The second kappa shape index (κ2) is 5.15. The topological polar surface area (TPSA) is 44.4 Å². The summed E-state index contributed by atoms with van der Waals surface area (Å²) in [6.45, 7) is 13.0. The first-order valence-corrected chi connectivity index (χ1v) is 6.09. The minimum atomic E-state index is -0.148. The van der Waals surface area contributed by atoms with Gasteiger partial charge in [0.1, 0.15) is 0 Å². The van der Waals surface area contributed by atoms with E-state index < -0.39 is 0 Å². The van der Waals surface area contributed by atoms with Gasteiger partial charge in [-0.2, -0.15) is 0 Å². The molecule has 0 saturated carbocycles. The average molecular weight is 227 g/mol. The van der Waals surface area contributed by atoms with Crippen LogP contribution in [0.5, 0.6) is 0 Å². The number of amides is 1. The van der Waals surface area contributed by atoms with Crippen LogP contribution in [0.1, 0.15) is 34.6 Å². The van der Waals surface area contributed by atoms with Crippen LogP contribution >= 0.6 is 0 Å². The minimum absolute atomic E-state index is 0.0382. The van der Waals surface area contributed by atoms with E-state index in [1.165, 1.54) is 0 Å². The van der Waals surface area contributed by atoms with E-state index in [4.69, 9.17) is 0 Å². The van der Waals surface area contributed by atoms with Crippen LogP contribution in [0.2, 0.25) is 0 Å². The van der Waals surface area contributed by atoms with E-state index >= 15 is 0 Å². The Labute approximate surface area is 98.8 Å². The maximum Gasteiger partial charge on any atom is 0.237 e. The molecule has 4 heteroatoms. The largest absolute Gasteiger partial charge is 0.350 e. The van der Waals surface area contributed by atoms with Gasteiger partial charge in [0.2, 0.25) is 5.91 Å². The van der Waals surface area contributed by atoms with Gasteiger partial charge in [0.05, 0.1) is 6.04 Å². The Morgan fingerprint density at radius 3 is 2.62 bits per heavy atom. The number of nitrogens with one attached hydrogen (secondary N) is 2. The molecule has 16 heavy (non-hydrogen) atoms. The molecule has 1 rings (SSSR count). The van der Waals surface area contributed by atoms with E-state index in [0.29, 0.717) is 6.04 Å². The number of carbonyl (C=O) groups excluding carboxylic acids is 1. The summed E-state index contributed by atoms with van der Waals surface area (Å²) in [6, 6.07) is 0.433. The number of carbonyl (C=O) groups is 1. The molecule has 1 saturated heterocycles. The lowest BCUT2D eigenvalue weighted by Crippen LogP contribution is -2.57. The third-order valence-electron chi connectivity index (χ3n) is 2.83. The van der Waals surface area contributed by atoms with Crippen molar-refractivity contribution in [2.45, 2.75) is 52.2 Å². The van der Waals surface area contributed by atoms with E-state index in [0.717, 1.165) is 19.6 Å². The molecule has 2 atom stereocenters. The summed E-state index contributed by atoms with van der Waals surface area (Å²) >= 11 is 0. The summed E-state index contributed by atoms with van der Waals surface area (Å²) in [6.07, 6.45) is 0. The van der Waals surface area contributed by atoms with Crippen LogP contribution in [0.3, 0.4) is 0 Å². The second-order valence-corrected chi connectivity index (χ2v) is 5.77. The van der Waals surface area contributed by atoms with Gasteiger partial charge in [0.15, 0.2) is 0 Å². The maximum atomic E-state index is 12.0. The van der Waals surface area contributed by atoms with E-state index in [1.807, 2.05) is 27.7 Å². The Kier molecular flexibility index (Phi) is 4.33. The number of rotatable bonds is 2. The highest BCUT2D eigenvalue weighted by atomic mass is 16.2. The monoisotopic (exact) mass is 227 g/mol. The molecular weight excluding hydrogens is 202 g/mol. The van der Waals surface area contributed by atoms with Crippen LogP contribution in [0.4, 0.5) is 0 Å². The Morgan fingerprint density at radius 2 is 2.12 bits per heavy atom. The van der Waals surface area contributed by atoms with Gasteiger partial charge in [-0.3, -0.25) is 9.69 Å². The fourth-order valence-electron chi connectivity index (χ4n) is 1.95. The third kappa shape index (κ3) is 4.10. The quantitative estimate of drug-likeness (QED) is 0.725. The zero-order valence-electron chi connectivity index (χ0n) is 11.1. The molecule has 1 aliphatic rings. The molecule has 0 bridgehead atoms. The summed E-state index contributed by atoms with van der Waals surface area (Å²) in [4.78, 5) is 14.2. The standard InChI is InChI=1S/C12H25N3O/c1-9-8-15(7-6-13-9)10(2)11(16)14-12(3,4)5/h9-10,13H,6-8H2,1-5H3,(H,14,16). The summed E-state index contributed by atoms with van der Waals surface area (Å²) in [5.74, 6) is 0.126. The molecule has 0 radical (unpaired) electrons. The predicted octanol–water partition coefficient (Wildman–Crippen LogP) is 0.583. The molecule has 0 aromatic carbocycles. The SMILES string of the molecule is CC1CN(C(C)C(=O)NC(C)(C)C)CCN1. The fraction of sp³-hybridized carbons (Fsp3) is 0.917. The molecule has 0 aromatic rings. The van der Waals surface area contributed by atoms with Crippen molar-refractivity contribution >= 4 is 5.91 Å². The summed E-state index contributed by atoms with van der Waals surface area (Å²) in [5.41, 5.74) is -0.148. The molecule has 0 aliphatic carbocycles. The van der Waals surface area contributed by atoms with Crippen molar-refractivity contribution in [2.24, 2.45) is 0 Å². The molecule has 0 spiro atoms. The van der Waals surface area contributed by atoms with Crippen LogP contribution in [-0.2, 0) is 4.79 Å². The highest BCUT2D eigenvalue weighted by Gasteiger charge is 2.27. The summed E-state index contributed by atoms with van der Waals surface area (Å²) in [5, 5.41) is 6.41. The number of hydrogen-bond acceptors (Lipinski definition) is 3. The van der Waals surface area contributed by atoms with Crippen molar-refractivity contribution in [3.63, 3.8) is 0 Å². The van der Waals surface area contributed by atoms with Gasteiger partial charge < -0.3 is 10.6 Å². The molecule has 4 nitrogen and oxygen atoms in total. The first kappa shape index (κ1) is 13.5. The van der Waals surface area contributed by atoms with Gasteiger partial charge in [0.25, 0.3) is 0 Å². The smallest absolute Gasteiger partial charge is 0.237 e. The Hall–Kier alpha value is -0.610. The Balaban J connectivity index is 2.49. The zero-order valence-corrected chi connectivity index (χ0v) is 11.1. The number of nitrogens with zero attached hydrogens (tertiary/aromatic N) is 1. The number of hydrogen-bond donors (Lipinski definition) is 2. The molecule has 2 unspecified atom stereocenters. The van der Waals surface area contributed by atoms with Crippen LogP contribution in [-0.4, -0.2) is 48.1 Å². The van der Waals surface area contributed by atoms with E-state index in [1.54, 1.807) is 0 Å². The Morgan fingerprint density at radius 1 is 1.50 bits per heavy atom. The number of piperazine rings is 1. The first-order valence-electron chi connectivity index (χ1n) is 6.09.